The summed E-state index contributed by atoms with van der Waals surface area (Å²) in [6.45, 7) is 7.30. The van der Waals surface area contributed by atoms with Crippen LogP contribution in [0.2, 0.25) is 0 Å². The molecule has 0 bridgehead atoms. The SMILES string of the molecule is CC1(C)CN(c2nc(-c3ccncc3)nc3cncc(C4CC4)c23)CCN1. The van der Waals surface area contributed by atoms with Crippen LogP contribution in [-0.2, 0) is 0 Å². The van der Waals surface area contributed by atoms with Crippen molar-refractivity contribution in [3.05, 3.63) is 42.5 Å². The molecule has 2 aliphatic rings. The molecule has 0 amide bonds. The molecular weight excluding hydrogens is 336 g/mol. The maximum atomic E-state index is 5.06. The summed E-state index contributed by atoms with van der Waals surface area (Å²) < 4.78 is 0. The highest BCUT2D eigenvalue weighted by Gasteiger charge is 2.32. The van der Waals surface area contributed by atoms with Gasteiger partial charge in [0.2, 0.25) is 0 Å². The summed E-state index contributed by atoms with van der Waals surface area (Å²) in [6, 6.07) is 3.93. The zero-order valence-corrected chi connectivity index (χ0v) is 15.8. The van der Waals surface area contributed by atoms with Crippen LogP contribution in [-0.4, -0.2) is 45.1 Å². The first-order valence-corrected chi connectivity index (χ1v) is 9.67. The number of pyridine rings is 2. The standard InChI is InChI=1S/C21H24N6/c1-21(2)13-27(10-9-24-21)20-18-16(14-3-4-14)11-23-12-17(18)25-19(26-20)15-5-7-22-8-6-15/h5-8,11-12,14,24H,3-4,9-10,13H2,1-2H3. The number of anilines is 1. The molecule has 27 heavy (non-hydrogen) atoms. The number of aromatic nitrogens is 4. The number of hydrogen-bond donors (Lipinski definition) is 1. The first kappa shape index (κ1) is 16.6. The summed E-state index contributed by atoms with van der Waals surface area (Å²) in [5.74, 6) is 2.39. The van der Waals surface area contributed by atoms with Crippen LogP contribution >= 0.6 is 0 Å². The predicted octanol–water partition coefficient (Wildman–Crippen LogP) is 3.15. The lowest BCUT2D eigenvalue weighted by Gasteiger charge is -2.40. The largest absolute Gasteiger partial charge is 0.353 e. The van der Waals surface area contributed by atoms with Gasteiger partial charge in [-0.05, 0) is 50.3 Å². The lowest BCUT2D eigenvalue weighted by atomic mass is 10.0. The number of rotatable bonds is 3. The summed E-state index contributed by atoms with van der Waals surface area (Å²) in [5.41, 5.74) is 3.28. The topological polar surface area (TPSA) is 66.8 Å². The van der Waals surface area contributed by atoms with Crippen molar-refractivity contribution in [3.8, 4) is 11.4 Å². The van der Waals surface area contributed by atoms with E-state index >= 15 is 0 Å². The van der Waals surface area contributed by atoms with E-state index in [1.54, 1.807) is 12.4 Å². The monoisotopic (exact) mass is 360 g/mol. The van der Waals surface area contributed by atoms with Crippen molar-refractivity contribution in [2.24, 2.45) is 0 Å². The maximum Gasteiger partial charge on any atom is 0.162 e. The quantitative estimate of drug-likeness (QED) is 0.774. The molecule has 1 N–H and O–H groups in total. The highest BCUT2D eigenvalue weighted by atomic mass is 15.3. The average molecular weight is 360 g/mol. The van der Waals surface area contributed by atoms with E-state index in [2.05, 4.69) is 34.0 Å². The van der Waals surface area contributed by atoms with E-state index in [9.17, 15) is 0 Å². The van der Waals surface area contributed by atoms with Crippen LogP contribution < -0.4 is 10.2 Å². The van der Waals surface area contributed by atoms with E-state index < -0.39 is 0 Å². The van der Waals surface area contributed by atoms with E-state index in [-0.39, 0.29) is 5.54 Å². The Labute approximate surface area is 159 Å². The molecule has 4 heterocycles. The van der Waals surface area contributed by atoms with Crippen molar-refractivity contribution >= 4 is 16.7 Å². The molecule has 3 aromatic rings. The van der Waals surface area contributed by atoms with Crippen LogP contribution in [0.3, 0.4) is 0 Å². The summed E-state index contributed by atoms with van der Waals surface area (Å²) in [6.07, 6.45) is 9.94. The fraction of sp³-hybridized carbons (Fsp3) is 0.429. The van der Waals surface area contributed by atoms with Crippen molar-refractivity contribution in [2.45, 2.75) is 38.1 Å². The molecule has 1 saturated carbocycles. The van der Waals surface area contributed by atoms with Crippen LogP contribution in [0.15, 0.2) is 36.9 Å². The molecule has 0 atom stereocenters. The Bertz CT molecular complexity index is 981. The van der Waals surface area contributed by atoms with Crippen LogP contribution in [0.4, 0.5) is 5.82 Å². The maximum absolute atomic E-state index is 5.06. The fourth-order valence-corrected chi connectivity index (χ4v) is 3.97. The number of fused-ring (bicyclic) bond motifs is 1. The van der Waals surface area contributed by atoms with Gasteiger partial charge in [-0.25, -0.2) is 9.97 Å². The van der Waals surface area contributed by atoms with Gasteiger partial charge >= 0.3 is 0 Å². The Hall–Kier alpha value is -2.60. The minimum Gasteiger partial charge on any atom is -0.353 e. The third-order valence-electron chi connectivity index (χ3n) is 5.44. The Balaban J connectivity index is 1.72. The third kappa shape index (κ3) is 3.14. The summed E-state index contributed by atoms with van der Waals surface area (Å²) in [7, 11) is 0. The number of nitrogens with zero attached hydrogens (tertiary/aromatic N) is 5. The molecule has 0 radical (unpaired) electrons. The highest BCUT2D eigenvalue weighted by molar-refractivity contribution is 5.94. The molecule has 0 aromatic carbocycles. The molecule has 138 valence electrons. The molecule has 3 aromatic heterocycles. The van der Waals surface area contributed by atoms with Gasteiger partial charge in [0.25, 0.3) is 0 Å². The van der Waals surface area contributed by atoms with Gasteiger partial charge < -0.3 is 10.2 Å². The zero-order valence-electron chi connectivity index (χ0n) is 15.8. The van der Waals surface area contributed by atoms with E-state index in [1.807, 2.05) is 24.5 Å². The van der Waals surface area contributed by atoms with Crippen molar-refractivity contribution < 1.29 is 0 Å². The highest BCUT2D eigenvalue weighted by Crippen LogP contribution is 2.45. The van der Waals surface area contributed by atoms with E-state index in [1.165, 1.54) is 23.8 Å². The van der Waals surface area contributed by atoms with E-state index in [0.29, 0.717) is 5.92 Å². The second kappa shape index (κ2) is 6.23. The minimum absolute atomic E-state index is 0.0547. The molecule has 1 aliphatic heterocycles. The average Bonchev–Trinajstić information content (AvgIpc) is 3.52. The normalized spacial score (nSPS) is 19.4. The fourth-order valence-electron chi connectivity index (χ4n) is 3.97. The Kier molecular flexibility index (Phi) is 3.82. The first-order valence-electron chi connectivity index (χ1n) is 9.67. The van der Waals surface area contributed by atoms with Gasteiger partial charge in [0, 0.05) is 54.7 Å². The lowest BCUT2D eigenvalue weighted by Crippen LogP contribution is -2.57. The van der Waals surface area contributed by atoms with Crippen molar-refractivity contribution in [2.75, 3.05) is 24.5 Å². The van der Waals surface area contributed by atoms with Gasteiger partial charge in [0.15, 0.2) is 5.82 Å². The molecule has 6 heteroatoms. The molecule has 2 fully saturated rings. The van der Waals surface area contributed by atoms with Gasteiger partial charge in [-0.2, -0.15) is 0 Å². The van der Waals surface area contributed by atoms with Gasteiger partial charge in [-0.3, -0.25) is 9.97 Å². The molecule has 5 rings (SSSR count). The predicted molar refractivity (Wildman–Crippen MR) is 107 cm³/mol. The molecule has 1 aliphatic carbocycles. The molecular formula is C21H24N6. The van der Waals surface area contributed by atoms with E-state index in [0.717, 1.165) is 42.4 Å². The van der Waals surface area contributed by atoms with Gasteiger partial charge in [0.1, 0.15) is 5.82 Å². The number of nitrogens with one attached hydrogen (secondary N) is 1. The molecule has 0 unspecified atom stereocenters. The number of piperazine rings is 1. The first-order chi connectivity index (χ1) is 13.1. The summed E-state index contributed by atoms with van der Waals surface area (Å²) in [5, 5.41) is 4.78. The van der Waals surface area contributed by atoms with Gasteiger partial charge in [0.05, 0.1) is 11.7 Å². The smallest absolute Gasteiger partial charge is 0.162 e. The van der Waals surface area contributed by atoms with Crippen LogP contribution in [0, 0.1) is 0 Å². The Morgan fingerprint density at radius 2 is 1.89 bits per heavy atom. The van der Waals surface area contributed by atoms with Crippen LogP contribution in [0.5, 0.6) is 0 Å². The van der Waals surface area contributed by atoms with Crippen LogP contribution in [0.25, 0.3) is 22.3 Å². The molecule has 0 spiro atoms. The van der Waals surface area contributed by atoms with Gasteiger partial charge in [-0.1, -0.05) is 0 Å². The Morgan fingerprint density at radius 3 is 2.63 bits per heavy atom. The molecule has 1 saturated heterocycles. The zero-order chi connectivity index (χ0) is 18.4. The molecule has 6 nitrogen and oxygen atoms in total. The summed E-state index contributed by atoms with van der Waals surface area (Å²) >= 11 is 0. The Morgan fingerprint density at radius 1 is 1.07 bits per heavy atom. The van der Waals surface area contributed by atoms with Crippen molar-refractivity contribution in [1.29, 1.82) is 0 Å². The van der Waals surface area contributed by atoms with Crippen molar-refractivity contribution in [3.63, 3.8) is 0 Å². The second-order valence-corrected chi connectivity index (χ2v) is 8.24. The number of hydrogen-bond acceptors (Lipinski definition) is 6. The van der Waals surface area contributed by atoms with E-state index in [4.69, 9.17) is 9.97 Å². The minimum atomic E-state index is 0.0547. The van der Waals surface area contributed by atoms with Crippen molar-refractivity contribution in [1.82, 2.24) is 25.3 Å². The summed E-state index contributed by atoms with van der Waals surface area (Å²) in [4.78, 5) is 21.0. The van der Waals surface area contributed by atoms with Crippen LogP contribution in [0.1, 0.15) is 38.2 Å². The lowest BCUT2D eigenvalue weighted by molar-refractivity contribution is 0.352. The second-order valence-electron chi connectivity index (χ2n) is 8.24. The van der Waals surface area contributed by atoms with Gasteiger partial charge in [-0.15, -0.1) is 0 Å². The third-order valence-corrected chi connectivity index (χ3v) is 5.44.